The van der Waals surface area contributed by atoms with Crippen molar-refractivity contribution in [1.82, 2.24) is 15.1 Å². The van der Waals surface area contributed by atoms with Gasteiger partial charge < -0.3 is 9.80 Å². The van der Waals surface area contributed by atoms with Crippen LogP contribution in [0, 0.1) is 11.8 Å². The Morgan fingerprint density at radius 1 is 1.15 bits per heavy atom. The first-order chi connectivity index (χ1) is 12.8. The molecule has 5 nitrogen and oxygen atoms in total. The number of hydrogen-bond donors (Lipinski definition) is 0. The molecule has 1 amide bonds. The number of amides is 1. The Balaban J connectivity index is 1.47. The lowest BCUT2D eigenvalue weighted by Crippen LogP contribution is -2.65. The zero-order valence-corrected chi connectivity index (χ0v) is 15.6. The first-order valence-electron chi connectivity index (χ1n) is 9.66. The van der Waals surface area contributed by atoms with Gasteiger partial charge in [0.05, 0.1) is 0 Å². The Hall–Kier alpha value is -1.95. The highest BCUT2D eigenvalue weighted by Crippen LogP contribution is 2.43. The summed E-state index contributed by atoms with van der Waals surface area (Å²) in [7, 11) is 0. The van der Waals surface area contributed by atoms with Gasteiger partial charge in [0.25, 0.3) is 0 Å². The molecule has 6 heteroatoms. The molecule has 26 heavy (non-hydrogen) atoms. The third-order valence-corrected chi connectivity index (χ3v) is 7.15. The monoisotopic (exact) mass is 368 g/mol. The van der Waals surface area contributed by atoms with Gasteiger partial charge in [0, 0.05) is 31.6 Å². The molecule has 4 atom stereocenters. The Labute approximate surface area is 158 Å². The fourth-order valence-corrected chi connectivity index (χ4v) is 5.94. The highest BCUT2D eigenvalue weighted by atomic mass is 32.1. The van der Waals surface area contributed by atoms with Crippen molar-refractivity contribution in [3.63, 3.8) is 0 Å². The van der Waals surface area contributed by atoms with Crippen LogP contribution in [0.4, 0.5) is 5.13 Å². The standard InChI is InChI=1S/C20H24N4OS/c25-19-8-4-7-17-15-10-16(12-23(11-15)20-22-21-13-26-20)18(24(17)19)9-14-5-2-1-3-6-14/h1-3,5-6,13,15-18H,4,7-12H2/t15-,16+,17+,18+/m1/s1. The Bertz CT molecular complexity index is 765. The van der Waals surface area contributed by atoms with Crippen molar-refractivity contribution < 1.29 is 4.79 Å². The van der Waals surface area contributed by atoms with Crippen molar-refractivity contribution in [2.45, 2.75) is 44.2 Å². The van der Waals surface area contributed by atoms with Crippen LogP contribution in [-0.4, -0.2) is 46.2 Å². The SMILES string of the molecule is O=C1CCC[C@H]2[C@@H]3C[C@@H](CN(c4nncs4)C3)[C@H](Cc3ccccc3)N12. The van der Waals surface area contributed by atoms with E-state index in [1.54, 1.807) is 11.3 Å². The molecule has 5 rings (SSSR count). The predicted molar refractivity (Wildman–Crippen MR) is 102 cm³/mol. The number of rotatable bonds is 3. The molecule has 3 aliphatic heterocycles. The van der Waals surface area contributed by atoms with Crippen LogP contribution in [0.25, 0.3) is 0 Å². The lowest BCUT2D eigenvalue weighted by Gasteiger charge is -2.56. The summed E-state index contributed by atoms with van der Waals surface area (Å²) in [6.45, 7) is 2.00. The minimum absolute atomic E-state index is 0.308. The number of piperidine rings is 3. The second-order valence-electron chi connectivity index (χ2n) is 7.90. The van der Waals surface area contributed by atoms with Gasteiger partial charge >= 0.3 is 0 Å². The van der Waals surface area contributed by atoms with Crippen molar-refractivity contribution in [1.29, 1.82) is 0 Å². The quantitative estimate of drug-likeness (QED) is 0.836. The molecule has 0 unspecified atom stereocenters. The summed E-state index contributed by atoms with van der Waals surface area (Å²) >= 11 is 1.63. The molecule has 0 radical (unpaired) electrons. The minimum Gasteiger partial charge on any atom is -0.346 e. The number of anilines is 1. The molecule has 0 saturated carbocycles. The van der Waals surface area contributed by atoms with Crippen molar-refractivity contribution in [2.75, 3.05) is 18.0 Å². The third-order valence-electron chi connectivity index (χ3n) is 6.40. The number of hydrogen-bond acceptors (Lipinski definition) is 5. The van der Waals surface area contributed by atoms with Crippen molar-refractivity contribution in [2.24, 2.45) is 11.8 Å². The van der Waals surface area contributed by atoms with E-state index in [1.807, 2.05) is 5.51 Å². The molecular formula is C20H24N4OS. The molecule has 3 aliphatic rings. The summed E-state index contributed by atoms with van der Waals surface area (Å²) in [5.74, 6) is 1.45. The Morgan fingerprint density at radius 3 is 2.81 bits per heavy atom. The molecule has 0 spiro atoms. The van der Waals surface area contributed by atoms with E-state index in [1.165, 1.54) is 12.0 Å². The molecule has 3 saturated heterocycles. The molecule has 2 bridgehead atoms. The van der Waals surface area contributed by atoms with Gasteiger partial charge in [-0.05, 0) is 43.1 Å². The molecule has 136 valence electrons. The highest BCUT2D eigenvalue weighted by Gasteiger charge is 2.49. The average molecular weight is 369 g/mol. The maximum Gasteiger partial charge on any atom is 0.223 e. The number of carbonyl (C=O) groups excluding carboxylic acids is 1. The summed E-state index contributed by atoms with van der Waals surface area (Å²) < 4.78 is 0. The first kappa shape index (κ1) is 16.2. The number of benzene rings is 1. The van der Waals surface area contributed by atoms with Crippen molar-refractivity contribution >= 4 is 22.4 Å². The molecule has 0 aliphatic carbocycles. The molecule has 2 aromatic rings. The van der Waals surface area contributed by atoms with Gasteiger partial charge in [-0.15, -0.1) is 10.2 Å². The highest BCUT2D eigenvalue weighted by molar-refractivity contribution is 7.13. The number of aromatic nitrogens is 2. The van der Waals surface area contributed by atoms with Crippen LogP contribution in [0.1, 0.15) is 31.2 Å². The summed E-state index contributed by atoms with van der Waals surface area (Å²) in [5, 5.41) is 9.38. The summed E-state index contributed by atoms with van der Waals surface area (Å²) in [5.41, 5.74) is 3.15. The van der Waals surface area contributed by atoms with E-state index in [0.29, 0.717) is 29.8 Å². The zero-order valence-electron chi connectivity index (χ0n) is 14.8. The lowest BCUT2D eigenvalue weighted by atomic mass is 9.71. The van der Waals surface area contributed by atoms with E-state index in [-0.39, 0.29) is 0 Å². The van der Waals surface area contributed by atoms with Crippen LogP contribution in [-0.2, 0) is 11.2 Å². The average Bonchev–Trinajstić information content (AvgIpc) is 3.21. The molecule has 1 aromatic heterocycles. The van der Waals surface area contributed by atoms with E-state index < -0.39 is 0 Å². The van der Waals surface area contributed by atoms with Crippen LogP contribution in [0.5, 0.6) is 0 Å². The molecular weight excluding hydrogens is 344 g/mol. The van der Waals surface area contributed by atoms with Gasteiger partial charge in [-0.2, -0.15) is 0 Å². The van der Waals surface area contributed by atoms with Gasteiger partial charge in [-0.1, -0.05) is 41.7 Å². The normalized spacial score (nSPS) is 31.0. The van der Waals surface area contributed by atoms with Gasteiger partial charge in [-0.25, -0.2) is 0 Å². The van der Waals surface area contributed by atoms with Crippen molar-refractivity contribution in [3.8, 4) is 0 Å². The van der Waals surface area contributed by atoms with Crippen LogP contribution in [0.3, 0.4) is 0 Å². The van der Waals surface area contributed by atoms with Gasteiger partial charge in [0.15, 0.2) is 0 Å². The molecule has 3 fully saturated rings. The summed E-state index contributed by atoms with van der Waals surface area (Å²) in [4.78, 5) is 17.6. The topological polar surface area (TPSA) is 49.3 Å². The first-order valence-corrected chi connectivity index (χ1v) is 10.5. The maximum absolute atomic E-state index is 12.9. The second kappa shape index (κ2) is 6.65. The largest absolute Gasteiger partial charge is 0.346 e. The second-order valence-corrected chi connectivity index (χ2v) is 8.71. The zero-order chi connectivity index (χ0) is 17.5. The fraction of sp³-hybridized carbons (Fsp3) is 0.550. The summed E-state index contributed by atoms with van der Waals surface area (Å²) in [6.07, 6.45) is 5.11. The van der Waals surface area contributed by atoms with Crippen LogP contribution < -0.4 is 4.90 Å². The van der Waals surface area contributed by atoms with E-state index >= 15 is 0 Å². The minimum atomic E-state index is 0.308. The van der Waals surface area contributed by atoms with Crippen molar-refractivity contribution in [3.05, 3.63) is 41.4 Å². The van der Waals surface area contributed by atoms with Gasteiger partial charge in [-0.3, -0.25) is 4.79 Å². The van der Waals surface area contributed by atoms with Crippen LogP contribution >= 0.6 is 11.3 Å². The number of fused-ring (bicyclic) bond motifs is 4. The number of carbonyl (C=O) groups is 1. The Morgan fingerprint density at radius 2 is 2.00 bits per heavy atom. The van der Waals surface area contributed by atoms with Crippen LogP contribution in [0.15, 0.2) is 35.8 Å². The summed E-state index contributed by atoms with van der Waals surface area (Å²) in [6, 6.07) is 11.4. The molecule has 1 aromatic carbocycles. The maximum atomic E-state index is 12.9. The molecule has 4 heterocycles. The number of nitrogens with zero attached hydrogens (tertiary/aromatic N) is 4. The van der Waals surface area contributed by atoms with E-state index in [2.05, 4.69) is 50.3 Å². The van der Waals surface area contributed by atoms with E-state index in [9.17, 15) is 4.79 Å². The smallest absolute Gasteiger partial charge is 0.223 e. The molecule has 0 N–H and O–H groups in total. The predicted octanol–water partition coefficient (Wildman–Crippen LogP) is 2.99. The van der Waals surface area contributed by atoms with Gasteiger partial charge in [0.1, 0.15) is 5.51 Å². The van der Waals surface area contributed by atoms with E-state index in [4.69, 9.17) is 0 Å². The Kier molecular flexibility index (Phi) is 4.15. The third kappa shape index (κ3) is 2.80. The van der Waals surface area contributed by atoms with E-state index in [0.717, 1.165) is 43.9 Å². The van der Waals surface area contributed by atoms with Crippen LogP contribution in [0.2, 0.25) is 0 Å². The fourth-order valence-electron chi connectivity index (χ4n) is 5.35. The van der Waals surface area contributed by atoms with Gasteiger partial charge in [0.2, 0.25) is 11.0 Å². The lowest BCUT2D eigenvalue weighted by molar-refractivity contribution is -0.148.